The Labute approximate surface area is 180 Å². The number of hydrogen-bond acceptors (Lipinski definition) is 5. The van der Waals surface area contributed by atoms with Crippen LogP contribution in [0.5, 0.6) is 0 Å². The van der Waals surface area contributed by atoms with Gasteiger partial charge < -0.3 is 10.1 Å². The molecule has 0 saturated carbocycles. The summed E-state index contributed by atoms with van der Waals surface area (Å²) in [5, 5.41) is 16.0. The normalized spacial score (nSPS) is 15.8. The van der Waals surface area contributed by atoms with Crippen LogP contribution in [0, 0.1) is 0 Å². The summed E-state index contributed by atoms with van der Waals surface area (Å²) in [6, 6.07) is 14.7. The number of nitrogens with one attached hydrogen (secondary N) is 2. The molecule has 0 spiro atoms. The number of aromatic nitrogens is 5. The number of nitrogens with zero attached hydrogens (tertiary/aromatic N) is 4. The van der Waals surface area contributed by atoms with E-state index >= 15 is 0 Å². The van der Waals surface area contributed by atoms with Crippen molar-refractivity contribution in [2.24, 2.45) is 0 Å². The molecular formula is C23H26N6O2. The van der Waals surface area contributed by atoms with Gasteiger partial charge in [0.2, 0.25) is 0 Å². The number of imidazole rings is 1. The number of aliphatic carboxylic acids is 1. The van der Waals surface area contributed by atoms with Crippen LogP contribution >= 0.6 is 0 Å². The molecule has 0 radical (unpaired) electrons. The van der Waals surface area contributed by atoms with Crippen LogP contribution in [0.25, 0.3) is 11.0 Å². The molecule has 4 aromatic rings. The average Bonchev–Trinajstić information content (AvgIpc) is 3.40. The monoisotopic (exact) mass is 418 g/mol. The highest BCUT2D eigenvalue weighted by Gasteiger charge is 2.28. The molecule has 5 rings (SSSR count). The van der Waals surface area contributed by atoms with Gasteiger partial charge in [-0.25, -0.2) is 9.97 Å². The number of pyridine rings is 1. The summed E-state index contributed by atoms with van der Waals surface area (Å²) in [4.78, 5) is 23.8. The third-order valence-electron chi connectivity index (χ3n) is 5.41. The molecule has 1 unspecified atom stereocenters. The number of carboxylic acids is 1. The smallest absolute Gasteiger partial charge is 0.300 e. The highest BCUT2D eigenvalue weighted by Crippen LogP contribution is 2.30. The molecule has 8 nitrogen and oxygen atoms in total. The van der Waals surface area contributed by atoms with Crippen LogP contribution in [0.2, 0.25) is 0 Å². The molecule has 1 aliphatic heterocycles. The molecule has 1 atom stereocenters. The zero-order valence-electron chi connectivity index (χ0n) is 17.5. The van der Waals surface area contributed by atoms with Crippen molar-refractivity contribution in [2.75, 3.05) is 6.54 Å². The molecular weight excluding hydrogens is 392 g/mol. The second kappa shape index (κ2) is 9.53. The predicted octanol–water partition coefficient (Wildman–Crippen LogP) is 3.50. The molecule has 8 heteroatoms. The lowest BCUT2D eigenvalue weighted by atomic mass is 9.92. The minimum absolute atomic E-state index is 0.438. The molecule has 3 aromatic heterocycles. The fraction of sp³-hybridized carbons (Fsp3) is 0.304. The zero-order chi connectivity index (χ0) is 21.6. The average molecular weight is 419 g/mol. The summed E-state index contributed by atoms with van der Waals surface area (Å²) < 4.78 is 0. The number of fused-ring (bicyclic) bond motifs is 2. The lowest BCUT2D eigenvalue weighted by Crippen LogP contribution is -2.33. The topological polar surface area (TPSA) is 111 Å². The maximum Gasteiger partial charge on any atom is 0.300 e. The van der Waals surface area contributed by atoms with Crippen LogP contribution in [0.1, 0.15) is 41.9 Å². The fourth-order valence-electron chi connectivity index (χ4n) is 4.08. The number of hydrogen-bond donors (Lipinski definition) is 3. The summed E-state index contributed by atoms with van der Waals surface area (Å²) in [5.74, 6) is -0.396. The fourth-order valence-corrected chi connectivity index (χ4v) is 4.08. The molecule has 0 fully saturated rings. The van der Waals surface area contributed by atoms with Gasteiger partial charge in [0.25, 0.3) is 5.97 Å². The standard InChI is InChI=1S/C21H22N6.C2H4O2/c1-2-5-15(6-3-1)8-9-16-11-27(13-19-20(16)24-14-23-19)12-18-17-7-4-10-22-21(17)26-25-18;1-2(3)4/h1-7,10,14,16H,8-9,11-13H2,(H,23,24)(H,22,25,26);1H3,(H,3,4). The molecule has 3 N–H and O–H groups in total. The summed E-state index contributed by atoms with van der Waals surface area (Å²) in [7, 11) is 0. The largest absolute Gasteiger partial charge is 0.481 e. The Balaban J connectivity index is 0.000000535. The van der Waals surface area contributed by atoms with Gasteiger partial charge in [-0.05, 0) is 30.5 Å². The Bertz CT molecular complexity index is 1130. The van der Waals surface area contributed by atoms with E-state index in [0.717, 1.165) is 56.1 Å². The Kier molecular flexibility index (Phi) is 6.37. The number of benzene rings is 1. The molecule has 0 saturated heterocycles. The van der Waals surface area contributed by atoms with Gasteiger partial charge in [-0.3, -0.25) is 14.8 Å². The summed E-state index contributed by atoms with van der Waals surface area (Å²) in [6.07, 6.45) is 5.79. The van der Waals surface area contributed by atoms with Crippen LogP contribution in [0.4, 0.5) is 0 Å². The predicted molar refractivity (Wildman–Crippen MR) is 117 cm³/mol. The first-order chi connectivity index (χ1) is 15.1. The van der Waals surface area contributed by atoms with Gasteiger partial charge in [0.05, 0.1) is 23.4 Å². The number of aromatic amines is 2. The lowest BCUT2D eigenvalue weighted by molar-refractivity contribution is -0.134. The summed E-state index contributed by atoms with van der Waals surface area (Å²) >= 11 is 0. The first kappa shape index (κ1) is 20.7. The number of H-pyrrole nitrogens is 2. The van der Waals surface area contributed by atoms with E-state index in [0.29, 0.717) is 5.92 Å². The van der Waals surface area contributed by atoms with Crippen molar-refractivity contribution in [3.05, 3.63) is 77.6 Å². The Morgan fingerprint density at radius 2 is 2.00 bits per heavy atom. The van der Waals surface area contributed by atoms with Gasteiger partial charge in [0.15, 0.2) is 5.65 Å². The van der Waals surface area contributed by atoms with Crippen molar-refractivity contribution in [1.29, 1.82) is 0 Å². The SMILES string of the molecule is CC(=O)O.c1ccc(CCC2CN(Cc3[nH]nc4ncccc34)Cc3[nH]cnc32)cc1. The Morgan fingerprint density at radius 1 is 1.19 bits per heavy atom. The van der Waals surface area contributed by atoms with Crippen LogP contribution in [-0.2, 0) is 24.3 Å². The van der Waals surface area contributed by atoms with E-state index < -0.39 is 5.97 Å². The van der Waals surface area contributed by atoms with E-state index in [1.165, 1.54) is 17.0 Å². The Morgan fingerprint density at radius 3 is 2.81 bits per heavy atom. The quantitative estimate of drug-likeness (QED) is 0.457. The van der Waals surface area contributed by atoms with E-state index in [2.05, 4.69) is 66.4 Å². The molecule has 1 aliphatic rings. The number of aryl methyl sites for hydroxylation is 1. The second-order valence-electron chi connectivity index (χ2n) is 7.75. The van der Waals surface area contributed by atoms with Gasteiger partial charge >= 0.3 is 0 Å². The Hall–Kier alpha value is -3.52. The molecule has 160 valence electrons. The van der Waals surface area contributed by atoms with Gasteiger partial charge in [-0.1, -0.05) is 30.3 Å². The zero-order valence-corrected chi connectivity index (χ0v) is 17.5. The van der Waals surface area contributed by atoms with Gasteiger partial charge in [0.1, 0.15) is 0 Å². The van der Waals surface area contributed by atoms with Gasteiger partial charge in [0, 0.05) is 44.1 Å². The minimum atomic E-state index is -0.833. The molecule has 0 amide bonds. The first-order valence-corrected chi connectivity index (χ1v) is 10.4. The van der Waals surface area contributed by atoms with E-state index in [1.54, 1.807) is 6.20 Å². The molecule has 1 aromatic carbocycles. The maximum absolute atomic E-state index is 9.00. The molecule has 0 bridgehead atoms. The van der Waals surface area contributed by atoms with Crippen molar-refractivity contribution >= 4 is 17.0 Å². The van der Waals surface area contributed by atoms with Crippen molar-refractivity contribution in [3.8, 4) is 0 Å². The third-order valence-corrected chi connectivity index (χ3v) is 5.41. The van der Waals surface area contributed by atoms with E-state index in [1.807, 2.05) is 12.4 Å². The first-order valence-electron chi connectivity index (χ1n) is 10.4. The van der Waals surface area contributed by atoms with Crippen molar-refractivity contribution in [2.45, 2.75) is 38.8 Å². The van der Waals surface area contributed by atoms with Crippen molar-refractivity contribution < 1.29 is 9.90 Å². The van der Waals surface area contributed by atoms with Crippen molar-refractivity contribution in [3.63, 3.8) is 0 Å². The second-order valence-corrected chi connectivity index (χ2v) is 7.75. The number of rotatable bonds is 5. The summed E-state index contributed by atoms with van der Waals surface area (Å²) in [6.45, 7) is 3.81. The third kappa shape index (κ3) is 5.16. The highest BCUT2D eigenvalue weighted by atomic mass is 16.4. The van der Waals surface area contributed by atoms with E-state index in [-0.39, 0.29) is 0 Å². The highest BCUT2D eigenvalue weighted by molar-refractivity contribution is 5.77. The maximum atomic E-state index is 9.00. The minimum Gasteiger partial charge on any atom is -0.481 e. The summed E-state index contributed by atoms with van der Waals surface area (Å²) in [5.41, 5.74) is 5.77. The van der Waals surface area contributed by atoms with Gasteiger partial charge in [-0.2, -0.15) is 5.10 Å². The number of carbonyl (C=O) groups is 1. The van der Waals surface area contributed by atoms with E-state index in [9.17, 15) is 0 Å². The lowest BCUT2D eigenvalue weighted by Gasteiger charge is -2.31. The van der Waals surface area contributed by atoms with Crippen LogP contribution in [0.15, 0.2) is 55.0 Å². The molecule has 31 heavy (non-hydrogen) atoms. The van der Waals surface area contributed by atoms with Crippen molar-refractivity contribution in [1.82, 2.24) is 30.0 Å². The van der Waals surface area contributed by atoms with Crippen LogP contribution in [-0.4, -0.2) is 47.7 Å². The van der Waals surface area contributed by atoms with E-state index in [4.69, 9.17) is 9.90 Å². The number of carboxylic acid groups (broad SMARTS) is 1. The van der Waals surface area contributed by atoms with Crippen LogP contribution < -0.4 is 0 Å². The molecule has 4 heterocycles. The molecule has 0 aliphatic carbocycles. The van der Waals surface area contributed by atoms with Gasteiger partial charge in [-0.15, -0.1) is 0 Å². The van der Waals surface area contributed by atoms with Crippen LogP contribution in [0.3, 0.4) is 0 Å².